The fourth-order valence-corrected chi connectivity index (χ4v) is 2.84. The minimum Gasteiger partial charge on any atom is -0.403 e. The lowest BCUT2D eigenvalue weighted by Crippen LogP contribution is -2.41. The summed E-state index contributed by atoms with van der Waals surface area (Å²) in [6, 6.07) is 10.1. The van der Waals surface area contributed by atoms with Gasteiger partial charge in [0.2, 0.25) is 11.9 Å². The van der Waals surface area contributed by atoms with E-state index in [1.807, 2.05) is 37.3 Å². The summed E-state index contributed by atoms with van der Waals surface area (Å²) in [5, 5.41) is 6.35. The van der Waals surface area contributed by atoms with Gasteiger partial charge in [-0.2, -0.15) is 4.98 Å². The van der Waals surface area contributed by atoms with Gasteiger partial charge in [0.25, 0.3) is 0 Å². The molecule has 0 saturated carbocycles. The zero-order chi connectivity index (χ0) is 21.2. The summed E-state index contributed by atoms with van der Waals surface area (Å²) in [6.45, 7) is 4.98. The van der Waals surface area contributed by atoms with Crippen molar-refractivity contribution < 1.29 is 12.4 Å². The molecule has 0 atom stereocenters. The molecule has 1 aliphatic rings. The van der Waals surface area contributed by atoms with Crippen LogP contribution in [0.2, 0.25) is 0 Å². The van der Waals surface area contributed by atoms with Crippen LogP contribution in [0.25, 0.3) is 0 Å². The van der Waals surface area contributed by atoms with Gasteiger partial charge in [-0.3, -0.25) is 9.79 Å². The summed E-state index contributed by atoms with van der Waals surface area (Å²) in [6.07, 6.45) is 4.61. The van der Waals surface area contributed by atoms with E-state index in [0.29, 0.717) is 44.5 Å². The monoisotopic (exact) mass is 413 g/mol. The molecular formula is C21H31N7O2. The average molecular weight is 414 g/mol. The summed E-state index contributed by atoms with van der Waals surface area (Å²) in [7, 11) is 0. The number of hydrogen-bond donors (Lipinski definition) is 3. The predicted octanol–water partition coefficient (Wildman–Crippen LogP) is 2.03. The van der Waals surface area contributed by atoms with Crippen LogP contribution in [0.5, 0.6) is 0 Å². The largest absolute Gasteiger partial charge is 0.403 e. The van der Waals surface area contributed by atoms with Crippen LogP contribution in [0.3, 0.4) is 0 Å². The Morgan fingerprint density at radius 2 is 2.10 bits per heavy atom. The lowest BCUT2D eigenvalue weighted by atomic mass is 10.2. The van der Waals surface area contributed by atoms with Gasteiger partial charge in [-0.1, -0.05) is 30.3 Å². The number of rotatable bonds is 8. The quantitative estimate of drug-likeness (QED) is 0.567. The number of anilines is 2. The maximum atomic E-state index is 12.1. The summed E-state index contributed by atoms with van der Waals surface area (Å²) in [4.78, 5) is 26.9. The molecule has 3 rings (SSSR count). The second-order valence-corrected chi connectivity index (χ2v) is 6.77. The van der Waals surface area contributed by atoms with E-state index in [1.165, 1.54) is 12.4 Å². The fraction of sp³-hybridized carbons (Fsp3) is 0.333. The lowest BCUT2D eigenvalue weighted by molar-refractivity contribution is -0.133. The van der Waals surface area contributed by atoms with Crippen LogP contribution in [0.4, 0.5) is 11.8 Å². The van der Waals surface area contributed by atoms with E-state index in [9.17, 15) is 4.79 Å². The zero-order valence-corrected chi connectivity index (χ0v) is 17.0. The van der Waals surface area contributed by atoms with Crippen molar-refractivity contribution in [2.45, 2.75) is 13.5 Å². The van der Waals surface area contributed by atoms with Crippen molar-refractivity contribution >= 4 is 23.9 Å². The zero-order valence-electron chi connectivity index (χ0n) is 17.0. The Morgan fingerprint density at radius 1 is 1.33 bits per heavy atom. The first-order chi connectivity index (χ1) is 14.7. The molecule has 1 saturated heterocycles. The molecule has 1 aromatic heterocycles. The molecule has 1 fully saturated rings. The van der Waals surface area contributed by atoms with Crippen LogP contribution in [0, 0.1) is 6.92 Å². The first-order valence-electron chi connectivity index (χ1n) is 9.81. The molecule has 0 aliphatic carbocycles. The van der Waals surface area contributed by atoms with Crippen molar-refractivity contribution in [3.05, 3.63) is 59.6 Å². The number of ether oxygens (including phenoxy) is 1. The maximum absolute atomic E-state index is 12.1. The second kappa shape index (κ2) is 10.9. The minimum absolute atomic E-state index is 0. The number of aryl methyl sites for hydroxylation is 1. The van der Waals surface area contributed by atoms with Gasteiger partial charge in [-0.25, -0.2) is 4.98 Å². The number of aliphatic imine (C=N–C) groups is 1. The van der Waals surface area contributed by atoms with Crippen LogP contribution >= 0.6 is 0 Å². The van der Waals surface area contributed by atoms with Crippen LogP contribution in [0.15, 0.2) is 53.4 Å². The molecular weight excluding hydrogens is 382 g/mol. The Balaban J connectivity index is 0.00000256. The van der Waals surface area contributed by atoms with E-state index < -0.39 is 0 Å². The number of allylic oxidation sites excluding steroid dienone is 1. The Morgan fingerprint density at radius 3 is 2.83 bits per heavy atom. The molecule has 4 N–H and O–H groups in total. The maximum Gasteiger partial charge on any atom is 0.244 e. The third-order valence-electron chi connectivity index (χ3n) is 4.53. The molecule has 30 heavy (non-hydrogen) atoms. The fourth-order valence-electron chi connectivity index (χ4n) is 2.84. The van der Waals surface area contributed by atoms with Crippen LogP contribution in [-0.4, -0.2) is 59.8 Å². The highest BCUT2D eigenvalue weighted by molar-refractivity contribution is 5.85. The van der Waals surface area contributed by atoms with Gasteiger partial charge in [0, 0.05) is 46.7 Å². The number of nitrogens with zero attached hydrogens (tertiary/aromatic N) is 4. The van der Waals surface area contributed by atoms with Crippen molar-refractivity contribution in [1.82, 2.24) is 14.9 Å². The molecule has 0 radical (unpaired) electrons. The topological polar surface area (TPSA) is 118 Å². The third kappa shape index (κ3) is 6.28. The SMILES string of the molecule is Cc1cnc(N/C(C=NCC(=O)N2CCOCC2)=C/N)nc1NCc1ccccc1.[HH].[HH]. The molecule has 9 heteroatoms. The number of nitrogens with one attached hydrogen (secondary N) is 2. The summed E-state index contributed by atoms with van der Waals surface area (Å²) in [5.74, 6) is 1.08. The van der Waals surface area contributed by atoms with Gasteiger partial charge in [-0.15, -0.1) is 0 Å². The molecule has 1 amide bonds. The molecule has 0 spiro atoms. The van der Waals surface area contributed by atoms with E-state index in [-0.39, 0.29) is 15.3 Å². The number of carbonyl (C=O) groups excluding carboxylic acids is 1. The number of aromatic nitrogens is 2. The molecule has 1 aromatic carbocycles. The van der Waals surface area contributed by atoms with Gasteiger partial charge in [-0.05, 0) is 12.5 Å². The number of hydrogen-bond acceptors (Lipinski definition) is 8. The number of benzene rings is 1. The number of nitrogens with two attached hydrogens (primary N) is 1. The molecule has 9 nitrogen and oxygen atoms in total. The highest BCUT2D eigenvalue weighted by Crippen LogP contribution is 2.14. The van der Waals surface area contributed by atoms with Gasteiger partial charge >= 0.3 is 0 Å². The van der Waals surface area contributed by atoms with Crippen LogP contribution < -0.4 is 16.4 Å². The first kappa shape index (κ1) is 21.3. The average Bonchev–Trinajstić information content (AvgIpc) is 2.79. The van der Waals surface area contributed by atoms with Crippen molar-refractivity contribution in [3.63, 3.8) is 0 Å². The van der Waals surface area contributed by atoms with Crippen molar-refractivity contribution in [2.24, 2.45) is 10.7 Å². The Hall–Kier alpha value is -3.46. The summed E-state index contributed by atoms with van der Waals surface area (Å²) in [5.41, 5.74) is 8.27. The van der Waals surface area contributed by atoms with Gasteiger partial charge in [0.05, 0.1) is 18.9 Å². The molecule has 1 aliphatic heterocycles. The molecule has 2 aromatic rings. The van der Waals surface area contributed by atoms with Gasteiger partial charge in [0.15, 0.2) is 0 Å². The first-order valence-corrected chi connectivity index (χ1v) is 9.81. The summed E-state index contributed by atoms with van der Waals surface area (Å²) >= 11 is 0. The smallest absolute Gasteiger partial charge is 0.244 e. The van der Waals surface area contributed by atoms with Crippen molar-refractivity contribution in [3.8, 4) is 0 Å². The minimum atomic E-state index is -0.0371. The Bertz CT molecular complexity index is 904. The molecule has 2 heterocycles. The second-order valence-electron chi connectivity index (χ2n) is 6.77. The Kier molecular flexibility index (Phi) is 7.73. The van der Waals surface area contributed by atoms with E-state index in [1.54, 1.807) is 11.1 Å². The molecule has 162 valence electrons. The normalized spacial score (nSPS) is 14.7. The van der Waals surface area contributed by atoms with Crippen molar-refractivity contribution in [2.75, 3.05) is 43.5 Å². The molecule has 0 unspecified atom stereocenters. The standard InChI is InChI=1S/C21H27N7O2.2H2/c1-16-12-25-21(27-20(16)24-13-17-5-3-2-4-6-17)26-18(11-22)14-23-15-19(29)28-7-9-30-10-8-28;;/h2-6,11-12,14H,7-10,13,15,22H2,1H3,(H2,24,25,26,27);2*1H/b18-11+,23-14?;;. The van der Waals surface area contributed by atoms with Gasteiger partial charge in [0.1, 0.15) is 12.4 Å². The number of morpholine rings is 1. The predicted molar refractivity (Wildman–Crippen MR) is 121 cm³/mol. The van der Waals surface area contributed by atoms with Crippen LogP contribution in [0.1, 0.15) is 14.0 Å². The highest BCUT2D eigenvalue weighted by Gasteiger charge is 2.15. The van der Waals surface area contributed by atoms with Crippen LogP contribution in [-0.2, 0) is 16.1 Å². The summed E-state index contributed by atoms with van der Waals surface area (Å²) < 4.78 is 5.25. The van der Waals surface area contributed by atoms with E-state index in [4.69, 9.17) is 10.5 Å². The third-order valence-corrected chi connectivity index (χ3v) is 4.53. The lowest BCUT2D eigenvalue weighted by Gasteiger charge is -2.26. The van der Waals surface area contributed by atoms with Crippen molar-refractivity contribution in [1.29, 1.82) is 0 Å². The van der Waals surface area contributed by atoms with Gasteiger partial charge < -0.3 is 26.0 Å². The Labute approximate surface area is 179 Å². The number of carbonyl (C=O) groups is 1. The van der Waals surface area contributed by atoms with E-state index in [0.717, 1.165) is 16.9 Å². The molecule has 0 bridgehead atoms. The highest BCUT2D eigenvalue weighted by atomic mass is 16.5. The van der Waals surface area contributed by atoms with E-state index in [2.05, 4.69) is 25.6 Å². The van der Waals surface area contributed by atoms with E-state index >= 15 is 0 Å². The number of amides is 1.